The molecule has 1 aliphatic rings. The number of H-pyrrole nitrogens is 1. The predicted molar refractivity (Wildman–Crippen MR) is 124 cm³/mol. The number of nitrogens with one attached hydrogen (secondary N) is 1. The molecule has 0 aliphatic carbocycles. The van der Waals surface area contributed by atoms with Crippen LogP contribution in [0.25, 0.3) is 22.2 Å². The van der Waals surface area contributed by atoms with E-state index in [1.807, 2.05) is 84.9 Å². The van der Waals surface area contributed by atoms with Crippen molar-refractivity contribution >= 4 is 22.8 Å². The SMILES string of the molecule is O=C(c1c(-c2ccccc2)[nH]c2ccccc12)[C@H]1CCCN1C(=O)OCc1ccccc1. The van der Waals surface area contributed by atoms with Crippen molar-refractivity contribution in [2.24, 2.45) is 0 Å². The van der Waals surface area contributed by atoms with Gasteiger partial charge >= 0.3 is 6.09 Å². The number of amides is 1. The van der Waals surface area contributed by atoms with Crippen LogP contribution in [0, 0.1) is 0 Å². The zero-order valence-electron chi connectivity index (χ0n) is 17.7. The van der Waals surface area contributed by atoms with E-state index < -0.39 is 12.1 Å². The second kappa shape index (κ2) is 8.71. The third-order valence-corrected chi connectivity index (χ3v) is 6.01. The number of likely N-dealkylation sites (tertiary alicyclic amines) is 1. The minimum Gasteiger partial charge on any atom is -0.445 e. The molecule has 2 heterocycles. The Balaban J connectivity index is 1.45. The maximum absolute atomic E-state index is 13.8. The Morgan fingerprint density at radius 2 is 1.59 bits per heavy atom. The second-order valence-electron chi connectivity index (χ2n) is 8.04. The topological polar surface area (TPSA) is 62.4 Å². The average Bonchev–Trinajstić information content (AvgIpc) is 3.49. The first-order chi connectivity index (χ1) is 15.7. The largest absolute Gasteiger partial charge is 0.445 e. The molecule has 1 amide bonds. The summed E-state index contributed by atoms with van der Waals surface area (Å²) < 4.78 is 5.54. The van der Waals surface area contributed by atoms with Gasteiger partial charge in [0.15, 0.2) is 5.78 Å². The highest BCUT2D eigenvalue weighted by Gasteiger charge is 2.37. The lowest BCUT2D eigenvalue weighted by Gasteiger charge is -2.23. The summed E-state index contributed by atoms with van der Waals surface area (Å²) in [5, 5.41) is 0.876. The van der Waals surface area contributed by atoms with Crippen molar-refractivity contribution in [3.8, 4) is 11.3 Å². The van der Waals surface area contributed by atoms with Crippen LogP contribution in [-0.4, -0.2) is 34.3 Å². The standard InChI is InChI=1S/C27H24N2O3/c30-26(23-16-9-17-29(23)27(31)32-18-19-10-3-1-4-11-19)24-21-14-7-8-15-22(21)28-25(24)20-12-5-2-6-13-20/h1-8,10-15,23,28H,9,16-18H2/t23-/m1/s1. The normalized spacial score (nSPS) is 15.8. The minimum absolute atomic E-state index is 0.0459. The molecule has 1 aliphatic heterocycles. The van der Waals surface area contributed by atoms with Gasteiger partial charge in [0.1, 0.15) is 6.61 Å². The van der Waals surface area contributed by atoms with Crippen LogP contribution in [0.15, 0.2) is 84.9 Å². The van der Waals surface area contributed by atoms with Crippen LogP contribution in [0.3, 0.4) is 0 Å². The van der Waals surface area contributed by atoms with Crippen molar-refractivity contribution in [3.63, 3.8) is 0 Å². The molecule has 32 heavy (non-hydrogen) atoms. The van der Waals surface area contributed by atoms with Gasteiger partial charge in [-0.25, -0.2) is 4.79 Å². The van der Waals surface area contributed by atoms with Gasteiger partial charge in [0.05, 0.1) is 17.3 Å². The van der Waals surface area contributed by atoms with Crippen molar-refractivity contribution in [1.29, 1.82) is 0 Å². The molecule has 0 saturated carbocycles. The van der Waals surface area contributed by atoms with Crippen molar-refractivity contribution in [1.82, 2.24) is 9.88 Å². The first kappa shape index (κ1) is 20.1. The van der Waals surface area contributed by atoms with Crippen LogP contribution in [0.5, 0.6) is 0 Å². The van der Waals surface area contributed by atoms with E-state index in [9.17, 15) is 9.59 Å². The van der Waals surface area contributed by atoms with Crippen LogP contribution in [0.2, 0.25) is 0 Å². The van der Waals surface area contributed by atoms with Gasteiger partial charge in [-0.1, -0.05) is 78.9 Å². The number of carbonyl (C=O) groups excluding carboxylic acids is 2. The van der Waals surface area contributed by atoms with Gasteiger partial charge in [-0.15, -0.1) is 0 Å². The molecule has 160 valence electrons. The van der Waals surface area contributed by atoms with Crippen LogP contribution in [0.1, 0.15) is 28.8 Å². The fraction of sp³-hybridized carbons (Fsp3) is 0.185. The van der Waals surface area contributed by atoms with Gasteiger partial charge in [-0.2, -0.15) is 0 Å². The van der Waals surface area contributed by atoms with E-state index in [0.29, 0.717) is 18.5 Å². The molecule has 0 bridgehead atoms. The van der Waals surface area contributed by atoms with E-state index >= 15 is 0 Å². The number of aromatic nitrogens is 1. The van der Waals surface area contributed by atoms with E-state index in [1.165, 1.54) is 0 Å². The average molecular weight is 425 g/mol. The fourth-order valence-electron chi connectivity index (χ4n) is 4.45. The maximum atomic E-state index is 13.8. The molecule has 5 rings (SSSR count). The second-order valence-corrected chi connectivity index (χ2v) is 8.04. The lowest BCUT2D eigenvalue weighted by Crippen LogP contribution is -2.41. The van der Waals surface area contributed by atoms with Gasteiger partial charge in [0.25, 0.3) is 0 Å². The Hall–Kier alpha value is -3.86. The molecule has 0 radical (unpaired) electrons. The van der Waals surface area contributed by atoms with E-state index in [-0.39, 0.29) is 12.4 Å². The highest BCUT2D eigenvalue weighted by Crippen LogP contribution is 2.34. The summed E-state index contributed by atoms with van der Waals surface area (Å²) in [7, 11) is 0. The fourth-order valence-corrected chi connectivity index (χ4v) is 4.45. The molecule has 1 saturated heterocycles. The zero-order valence-corrected chi connectivity index (χ0v) is 17.7. The smallest absolute Gasteiger partial charge is 0.410 e. The van der Waals surface area contributed by atoms with Crippen LogP contribution in [-0.2, 0) is 11.3 Å². The van der Waals surface area contributed by atoms with E-state index in [2.05, 4.69) is 4.98 Å². The van der Waals surface area contributed by atoms with E-state index in [1.54, 1.807) is 4.90 Å². The Morgan fingerprint density at radius 1 is 0.906 bits per heavy atom. The molecule has 1 atom stereocenters. The Labute approximate surface area is 186 Å². The van der Waals surface area contributed by atoms with Crippen molar-refractivity contribution in [3.05, 3.63) is 96.1 Å². The van der Waals surface area contributed by atoms with Gasteiger partial charge in [0, 0.05) is 17.4 Å². The highest BCUT2D eigenvalue weighted by molar-refractivity contribution is 6.16. The predicted octanol–water partition coefficient (Wildman–Crippen LogP) is 5.82. The zero-order chi connectivity index (χ0) is 21.9. The molecule has 1 aromatic heterocycles. The van der Waals surface area contributed by atoms with E-state index in [4.69, 9.17) is 4.74 Å². The first-order valence-electron chi connectivity index (χ1n) is 10.9. The number of carbonyl (C=O) groups is 2. The van der Waals surface area contributed by atoms with Crippen LogP contribution >= 0.6 is 0 Å². The molecule has 1 fully saturated rings. The molecule has 3 aromatic carbocycles. The molecule has 5 nitrogen and oxygen atoms in total. The number of benzene rings is 3. The maximum Gasteiger partial charge on any atom is 0.410 e. The van der Waals surface area contributed by atoms with Gasteiger partial charge < -0.3 is 9.72 Å². The van der Waals surface area contributed by atoms with Gasteiger partial charge in [-0.05, 0) is 30.0 Å². The summed E-state index contributed by atoms with van der Waals surface area (Å²) >= 11 is 0. The molecule has 0 spiro atoms. The number of hydrogen-bond acceptors (Lipinski definition) is 3. The Kier molecular flexibility index (Phi) is 5.46. The number of nitrogens with zero attached hydrogens (tertiary/aromatic N) is 1. The van der Waals surface area contributed by atoms with Gasteiger partial charge in [0.2, 0.25) is 0 Å². The molecule has 5 heteroatoms. The minimum atomic E-state index is -0.528. The number of para-hydroxylation sites is 1. The number of aromatic amines is 1. The number of rotatable bonds is 5. The number of hydrogen-bond donors (Lipinski definition) is 1. The molecular weight excluding hydrogens is 400 g/mol. The summed E-state index contributed by atoms with van der Waals surface area (Å²) in [6, 6.07) is 26.7. The summed E-state index contributed by atoms with van der Waals surface area (Å²) in [5.74, 6) is -0.0459. The Morgan fingerprint density at radius 3 is 2.38 bits per heavy atom. The quantitative estimate of drug-likeness (QED) is 0.411. The third kappa shape index (κ3) is 3.78. The number of fused-ring (bicyclic) bond motifs is 1. The first-order valence-corrected chi connectivity index (χ1v) is 10.9. The number of ether oxygens (including phenoxy) is 1. The molecule has 4 aromatic rings. The Bertz CT molecular complexity index is 1250. The van der Waals surface area contributed by atoms with Gasteiger partial charge in [-0.3, -0.25) is 9.69 Å². The van der Waals surface area contributed by atoms with Crippen molar-refractivity contribution in [2.75, 3.05) is 6.54 Å². The molecular formula is C27H24N2O3. The van der Waals surface area contributed by atoms with Crippen LogP contribution in [0.4, 0.5) is 4.79 Å². The van der Waals surface area contributed by atoms with Crippen LogP contribution < -0.4 is 0 Å². The lowest BCUT2D eigenvalue weighted by molar-refractivity contribution is 0.0739. The number of Topliss-reactive ketones (excluding diaryl/α,β-unsaturated/α-hetero) is 1. The summed E-state index contributed by atoms with van der Waals surface area (Å²) in [4.78, 5) is 31.7. The van der Waals surface area contributed by atoms with Crippen molar-refractivity contribution < 1.29 is 14.3 Å². The third-order valence-electron chi connectivity index (χ3n) is 6.01. The summed E-state index contributed by atoms with van der Waals surface area (Å²) in [6.45, 7) is 0.715. The highest BCUT2D eigenvalue weighted by atomic mass is 16.6. The lowest BCUT2D eigenvalue weighted by atomic mass is 9.96. The molecule has 0 unspecified atom stereocenters. The summed E-state index contributed by atoms with van der Waals surface area (Å²) in [5.41, 5.74) is 4.21. The van der Waals surface area contributed by atoms with Crippen molar-refractivity contribution in [2.45, 2.75) is 25.5 Å². The monoisotopic (exact) mass is 424 g/mol. The number of ketones is 1. The summed E-state index contributed by atoms with van der Waals surface area (Å²) in [6.07, 6.45) is 0.971. The molecule has 1 N–H and O–H groups in total. The van der Waals surface area contributed by atoms with E-state index in [0.717, 1.165) is 34.1 Å².